The highest BCUT2D eigenvalue weighted by molar-refractivity contribution is 7.21. The fourth-order valence-electron chi connectivity index (χ4n) is 3.37. The summed E-state index contributed by atoms with van der Waals surface area (Å²) in [5.41, 5.74) is 3.04. The zero-order valence-electron chi connectivity index (χ0n) is 15.6. The molecule has 1 fully saturated rings. The van der Waals surface area contributed by atoms with Gasteiger partial charge in [0, 0.05) is 29.6 Å². The Hall–Kier alpha value is -3.12. The lowest BCUT2D eigenvalue weighted by atomic mass is 10.1. The molecule has 0 radical (unpaired) electrons. The number of halogens is 1. The molecule has 1 aliphatic rings. The third-order valence-corrected chi connectivity index (χ3v) is 6.08. The van der Waals surface area contributed by atoms with Crippen LogP contribution < -0.4 is 4.90 Å². The quantitative estimate of drug-likeness (QED) is 0.446. The smallest absolute Gasteiger partial charge is 0.230 e. The maximum absolute atomic E-state index is 14.6. The first kappa shape index (κ1) is 17.9. The van der Waals surface area contributed by atoms with E-state index in [0.717, 1.165) is 33.6 Å². The van der Waals surface area contributed by atoms with E-state index in [1.165, 1.54) is 23.5 Å². The molecular formula is C23H18FN3OS. The van der Waals surface area contributed by atoms with Crippen molar-refractivity contribution in [3.8, 4) is 10.6 Å². The normalized spacial score (nSPS) is 13.6. The highest BCUT2D eigenvalue weighted by Crippen LogP contribution is 2.36. The van der Waals surface area contributed by atoms with Crippen molar-refractivity contribution in [2.75, 3.05) is 4.90 Å². The third kappa shape index (κ3) is 3.76. The summed E-state index contributed by atoms with van der Waals surface area (Å²) in [7, 11) is 0. The number of fused-ring (bicyclic) bond motifs is 1. The number of aromatic nitrogens is 2. The minimum absolute atomic E-state index is 0.0286. The topological polar surface area (TPSA) is 46.1 Å². The molecule has 4 aromatic rings. The number of hydrogen-bond acceptors (Lipinski definition) is 4. The fourth-order valence-corrected chi connectivity index (χ4v) is 4.32. The SMILES string of the molecule is O=C(C1CC1)N(Cc1cccnc1)c1cc(F)cc(-c2nc3ccccc3s2)c1. The van der Waals surface area contributed by atoms with Gasteiger partial charge in [-0.3, -0.25) is 9.78 Å². The van der Waals surface area contributed by atoms with Gasteiger partial charge in [0.05, 0.1) is 16.8 Å². The third-order valence-electron chi connectivity index (χ3n) is 4.99. The lowest BCUT2D eigenvalue weighted by molar-refractivity contribution is -0.119. The van der Waals surface area contributed by atoms with E-state index in [1.54, 1.807) is 17.3 Å². The van der Waals surface area contributed by atoms with Gasteiger partial charge in [0.25, 0.3) is 0 Å². The van der Waals surface area contributed by atoms with Crippen LogP contribution in [0.4, 0.5) is 10.1 Å². The van der Waals surface area contributed by atoms with E-state index in [-0.39, 0.29) is 17.6 Å². The van der Waals surface area contributed by atoms with Gasteiger partial charge in [0.15, 0.2) is 0 Å². The Labute approximate surface area is 171 Å². The average molecular weight is 403 g/mol. The molecular weight excluding hydrogens is 385 g/mol. The number of carbonyl (C=O) groups is 1. The number of hydrogen-bond donors (Lipinski definition) is 0. The summed E-state index contributed by atoms with van der Waals surface area (Å²) in [4.78, 5) is 23.4. The van der Waals surface area contributed by atoms with Crippen LogP contribution in [0.5, 0.6) is 0 Å². The Bertz CT molecular complexity index is 1150. The van der Waals surface area contributed by atoms with E-state index in [1.807, 2.05) is 42.5 Å². The van der Waals surface area contributed by atoms with Gasteiger partial charge in [0.1, 0.15) is 10.8 Å². The lowest BCUT2D eigenvalue weighted by Gasteiger charge is -2.23. The Kier molecular flexibility index (Phi) is 4.56. The van der Waals surface area contributed by atoms with Crippen LogP contribution in [-0.4, -0.2) is 15.9 Å². The molecule has 6 heteroatoms. The average Bonchev–Trinajstić information content (AvgIpc) is 3.50. The van der Waals surface area contributed by atoms with Crippen LogP contribution in [-0.2, 0) is 11.3 Å². The molecule has 2 heterocycles. The zero-order valence-corrected chi connectivity index (χ0v) is 16.4. The van der Waals surface area contributed by atoms with E-state index in [4.69, 9.17) is 0 Å². The van der Waals surface area contributed by atoms with Gasteiger partial charge in [-0.15, -0.1) is 11.3 Å². The van der Waals surface area contributed by atoms with Crippen molar-refractivity contribution < 1.29 is 9.18 Å². The molecule has 2 aromatic carbocycles. The van der Waals surface area contributed by atoms with Gasteiger partial charge in [0.2, 0.25) is 5.91 Å². The van der Waals surface area contributed by atoms with Crippen LogP contribution in [0.15, 0.2) is 67.0 Å². The second-order valence-corrected chi connectivity index (χ2v) is 8.28. The van der Waals surface area contributed by atoms with Crippen molar-refractivity contribution in [3.05, 3.63) is 78.4 Å². The van der Waals surface area contributed by atoms with Crippen molar-refractivity contribution in [2.24, 2.45) is 5.92 Å². The number of amides is 1. The molecule has 2 aromatic heterocycles. The van der Waals surface area contributed by atoms with Crippen molar-refractivity contribution >= 4 is 33.1 Å². The van der Waals surface area contributed by atoms with Crippen molar-refractivity contribution in [1.82, 2.24) is 9.97 Å². The van der Waals surface area contributed by atoms with Crippen LogP contribution in [0.2, 0.25) is 0 Å². The number of carbonyl (C=O) groups excluding carboxylic acids is 1. The molecule has 0 N–H and O–H groups in total. The summed E-state index contributed by atoms with van der Waals surface area (Å²) >= 11 is 1.52. The van der Waals surface area contributed by atoms with Crippen molar-refractivity contribution in [1.29, 1.82) is 0 Å². The standard InChI is InChI=1S/C23H18FN3OS/c24-18-10-17(22-26-20-5-1-2-6-21(20)29-22)11-19(12-18)27(23(28)16-7-8-16)14-15-4-3-9-25-13-15/h1-6,9-13,16H,7-8,14H2. The van der Waals surface area contributed by atoms with Crippen LogP contribution in [0.25, 0.3) is 20.8 Å². The molecule has 1 amide bonds. The molecule has 29 heavy (non-hydrogen) atoms. The second-order valence-electron chi connectivity index (χ2n) is 7.24. The highest BCUT2D eigenvalue weighted by atomic mass is 32.1. The minimum atomic E-state index is -0.378. The number of pyridine rings is 1. The fraction of sp³-hybridized carbons (Fsp3) is 0.174. The number of rotatable bonds is 5. The maximum atomic E-state index is 14.6. The van der Waals surface area contributed by atoms with Crippen molar-refractivity contribution in [3.63, 3.8) is 0 Å². The van der Waals surface area contributed by atoms with E-state index in [2.05, 4.69) is 9.97 Å². The van der Waals surface area contributed by atoms with Gasteiger partial charge in [-0.1, -0.05) is 18.2 Å². The van der Waals surface area contributed by atoms with E-state index in [9.17, 15) is 9.18 Å². The summed E-state index contributed by atoms with van der Waals surface area (Å²) in [5, 5.41) is 0.743. The number of para-hydroxylation sites is 1. The number of benzene rings is 2. The van der Waals surface area contributed by atoms with Gasteiger partial charge < -0.3 is 4.90 Å². The molecule has 0 aliphatic heterocycles. The molecule has 0 atom stereocenters. The first-order valence-electron chi connectivity index (χ1n) is 9.54. The molecule has 5 rings (SSSR count). The second kappa shape index (κ2) is 7.37. The van der Waals surface area contributed by atoms with E-state index < -0.39 is 0 Å². The monoisotopic (exact) mass is 403 g/mol. The molecule has 1 saturated carbocycles. The van der Waals surface area contributed by atoms with Crippen LogP contribution in [0, 0.1) is 11.7 Å². The summed E-state index contributed by atoms with van der Waals surface area (Å²) in [6, 6.07) is 16.4. The molecule has 0 spiro atoms. The molecule has 144 valence electrons. The first-order chi connectivity index (χ1) is 14.2. The maximum Gasteiger partial charge on any atom is 0.230 e. The Morgan fingerprint density at radius 3 is 2.76 bits per heavy atom. The van der Waals surface area contributed by atoms with Gasteiger partial charge in [-0.2, -0.15) is 0 Å². The van der Waals surface area contributed by atoms with E-state index >= 15 is 0 Å². The number of nitrogens with zero attached hydrogens (tertiary/aromatic N) is 3. The molecule has 0 bridgehead atoms. The zero-order chi connectivity index (χ0) is 19.8. The lowest BCUT2D eigenvalue weighted by Crippen LogP contribution is -2.31. The summed E-state index contributed by atoms with van der Waals surface area (Å²) in [5.74, 6) is -0.313. The molecule has 4 nitrogen and oxygen atoms in total. The Morgan fingerprint density at radius 1 is 1.14 bits per heavy atom. The molecule has 0 unspecified atom stereocenters. The summed E-state index contributed by atoms with van der Waals surface area (Å²) in [6.45, 7) is 0.367. The predicted octanol–water partition coefficient (Wildman–Crippen LogP) is 5.44. The van der Waals surface area contributed by atoms with Crippen molar-refractivity contribution in [2.45, 2.75) is 19.4 Å². The number of thiazole rings is 1. The van der Waals surface area contributed by atoms with Gasteiger partial charge >= 0.3 is 0 Å². The van der Waals surface area contributed by atoms with Crippen LogP contribution in [0.3, 0.4) is 0 Å². The van der Waals surface area contributed by atoms with Gasteiger partial charge in [-0.25, -0.2) is 9.37 Å². The highest BCUT2D eigenvalue weighted by Gasteiger charge is 2.34. The Morgan fingerprint density at radius 2 is 2.00 bits per heavy atom. The number of anilines is 1. The molecule has 1 aliphatic carbocycles. The predicted molar refractivity (Wildman–Crippen MR) is 113 cm³/mol. The summed E-state index contributed by atoms with van der Waals surface area (Å²) in [6.07, 6.45) is 5.22. The first-order valence-corrected chi connectivity index (χ1v) is 10.4. The largest absolute Gasteiger partial charge is 0.308 e. The van der Waals surface area contributed by atoms with Gasteiger partial charge in [-0.05, 0) is 54.8 Å². The van der Waals surface area contributed by atoms with Crippen LogP contribution in [0.1, 0.15) is 18.4 Å². The molecule has 0 saturated heterocycles. The summed E-state index contributed by atoms with van der Waals surface area (Å²) < 4.78 is 15.6. The van der Waals surface area contributed by atoms with Crippen LogP contribution >= 0.6 is 11.3 Å². The van der Waals surface area contributed by atoms with E-state index in [0.29, 0.717) is 17.8 Å². The minimum Gasteiger partial charge on any atom is -0.308 e. The Balaban J connectivity index is 1.56.